The lowest BCUT2D eigenvalue weighted by Crippen LogP contribution is -2.42. The second-order valence-electron chi connectivity index (χ2n) is 10.3. The molecule has 0 rings (SSSR count). The summed E-state index contributed by atoms with van der Waals surface area (Å²) in [7, 11) is 0. The molecule has 0 saturated heterocycles. The molecule has 0 spiro atoms. The molecule has 0 aromatic heterocycles. The number of thioether (sulfide) groups is 1. The highest BCUT2D eigenvalue weighted by atomic mass is 32.2. The van der Waals surface area contributed by atoms with Crippen LogP contribution >= 0.6 is 11.8 Å². The molecule has 0 amide bonds. The minimum Gasteiger partial charge on any atom is -0.298 e. The van der Waals surface area contributed by atoms with Crippen molar-refractivity contribution < 1.29 is 4.79 Å². The molecule has 0 N–H and O–H groups in total. The largest absolute Gasteiger partial charge is 0.298 e. The lowest BCUT2D eigenvalue weighted by atomic mass is 10.0. The normalized spacial score (nSPS) is 12.5. The Kier molecular flexibility index (Phi) is 26.6. The molecule has 0 saturated carbocycles. The molecule has 0 aliphatic carbocycles. The molecule has 198 valence electrons. The van der Waals surface area contributed by atoms with Gasteiger partial charge in [-0.1, -0.05) is 129 Å². The molecule has 0 aliphatic heterocycles. The third-order valence-corrected chi connectivity index (χ3v) is 7.75. The van der Waals surface area contributed by atoms with Gasteiger partial charge in [0, 0.05) is 0 Å². The van der Waals surface area contributed by atoms with Crippen molar-refractivity contribution in [1.29, 1.82) is 0 Å². The smallest absolute Gasteiger partial charge is 0.146 e. The van der Waals surface area contributed by atoms with Gasteiger partial charge in [0.1, 0.15) is 5.78 Å². The molecule has 0 aliphatic rings. The maximum atomic E-state index is 12.4. The topological polar surface area (TPSA) is 20.3 Å². The summed E-state index contributed by atoms with van der Waals surface area (Å²) in [5.41, 5.74) is 0. The van der Waals surface area contributed by atoms with Gasteiger partial charge >= 0.3 is 0 Å². The fourth-order valence-corrected chi connectivity index (χ4v) is 5.36. The quantitative estimate of drug-likeness (QED) is 0.108. The third-order valence-electron chi connectivity index (χ3n) is 7.10. The maximum Gasteiger partial charge on any atom is 0.146 e. The predicted octanol–water partition coefficient (Wildman–Crippen LogP) is 9.84. The van der Waals surface area contributed by atoms with Crippen molar-refractivity contribution in [2.75, 3.05) is 25.1 Å². The molecule has 0 fully saturated rings. The van der Waals surface area contributed by atoms with E-state index in [2.05, 4.69) is 25.0 Å². The summed E-state index contributed by atoms with van der Waals surface area (Å²) in [6, 6.07) is 0.148. The van der Waals surface area contributed by atoms with Crippen molar-refractivity contribution in [3.8, 4) is 0 Å². The highest BCUT2D eigenvalue weighted by molar-refractivity contribution is 7.98. The average molecular weight is 484 g/mol. The van der Waals surface area contributed by atoms with Gasteiger partial charge in [-0.3, -0.25) is 9.69 Å². The number of rotatable bonds is 27. The van der Waals surface area contributed by atoms with Gasteiger partial charge in [0.25, 0.3) is 0 Å². The molecule has 1 atom stereocenters. The van der Waals surface area contributed by atoms with Gasteiger partial charge in [-0.25, -0.2) is 0 Å². The summed E-state index contributed by atoms with van der Waals surface area (Å²) in [5.74, 6) is 1.47. The van der Waals surface area contributed by atoms with E-state index >= 15 is 0 Å². The number of hydrogen-bond acceptors (Lipinski definition) is 3. The van der Waals surface area contributed by atoms with E-state index < -0.39 is 0 Å². The number of ketones is 1. The van der Waals surface area contributed by atoms with E-state index in [4.69, 9.17) is 0 Å². The molecular formula is C30H61NOS. The molecule has 0 aromatic rings. The van der Waals surface area contributed by atoms with Gasteiger partial charge in [0.05, 0.1) is 6.04 Å². The van der Waals surface area contributed by atoms with Crippen molar-refractivity contribution in [2.24, 2.45) is 0 Å². The maximum absolute atomic E-state index is 12.4. The van der Waals surface area contributed by atoms with Crippen LogP contribution in [0.3, 0.4) is 0 Å². The lowest BCUT2D eigenvalue weighted by molar-refractivity contribution is -0.122. The number of unbranched alkanes of at least 4 members (excludes halogenated alkanes) is 18. The summed E-state index contributed by atoms with van der Waals surface area (Å²) >= 11 is 1.87. The average Bonchev–Trinajstić information content (AvgIpc) is 2.80. The molecule has 0 radical (unpaired) electrons. The van der Waals surface area contributed by atoms with E-state index in [9.17, 15) is 4.79 Å². The van der Waals surface area contributed by atoms with E-state index in [0.29, 0.717) is 5.78 Å². The molecule has 0 bridgehead atoms. The number of hydrogen-bond donors (Lipinski definition) is 0. The first-order valence-corrected chi connectivity index (χ1v) is 16.3. The van der Waals surface area contributed by atoms with Crippen LogP contribution in [0.15, 0.2) is 0 Å². The molecule has 2 nitrogen and oxygen atoms in total. The van der Waals surface area contributed by atoms with Crippen LogP contribution < -0.4 is 0 Å². The minimum atomic E-state index is 0.148. The van der Waals surface area contributed by atoms with Crippen molar-refractivity contribution in [1.82, 2.24) is 4.90 Å². The van der Waals surface area contributed by atoms with Crippen molar-refractivity contribution in [3.05, 3.63) is 0 Å². The molecule has 3 heteroatoms. The van der Waals surface area contributed by atoms with E-state index in [-0.39, 0.29) is 6.04 Å². The zero-order valence-corrected chi connectivity index (χ0v) is 24.1. The van der Waals surface area contributed by atoms with Gasteiger partial charge in [-0.2, -0.15) is 11.8 Å². The van der Waals surface area contributed by atoms with Crippen LogP contribution in [0.25, 0.3) is 0 Å². The fraction of sp³-hybridized carbons (Fsp3) is 0.967. The van der Waals surface area contributed by atoms with Gasteiger partial charge in [0.15, 0.2) is 0 Å². The summed E-state index contributed by atoms with van der Waals surface area (Å²) in [4.78, 5) is 15.0. The number of nitrogens with zero attached hydrogens (tertiary/aromatic N) is 1. The van der Waals surface area contributed by atoms with Crippen LogP contribution in [0.5, 0.6) is 0 Å². The van der Waals surface area contributed by atoms with E-state index in [0.717, 1.165) is 25.3 Å². The first-order valence-electron chi connectivity index (χ1n) is 14.9. The number of carbonyl (C=O) groups is 1. The molecule has 33 heavy (non-hydrogen) atoms. The monoisotopic (exact) mass is 483 g/mol. The first-order chi connectivity index (χ1) is 16.2. The van der Waals surface area contributed by atoms with Crippen LogP contribution in [0, 0.1) is 0 Å². The van der Waals surface area contributed by atoms with Crippen molar-refractivity contribution >= 4 is 17.5 Å². The summed E-state index contributed by atoms with van der Waals surface area (Å²) in [5, 5.41) is 0. The summed E-state index contributed by atoms with van der Waals surface area (Å²) in [6.07, 6.45) is 30.8. The van der Waals surface area contributed by atoms with Crippen molar-refractivity contribution in [3.63, 3.8) is 0 Å². The standard InChI is InChI=1S/C30H61NOS/c1-5-7-9-11-13-15-17-19-21-23-26-31(30(29(3)32)25-28-33-4)27-24-22-20-18-16-14-12-10-8-6-2/h30H,5-28H2,1-4H3. The van der Waals surface area contributed by atoms with Gasteiger partial charge in [-0.15, -0.1) is 0 Å². The Bertz CT molecular complexity index is 377. The molecule has 1 unspecified atom stereocenters. The Hall–Kier alpha value is -0.0200. The SMILES string of the molecule is CCCCCCCCCCCCN(CCCCCCCCCCCC)C(CCSC)C(C)=O. The van der Waals surface area contributed by atoms with Crippen LogP contribution in [-0.2, 0) is 4.79 Å². The third kappa shape index (κ3) is 22.2. The van der Waals surface area contributed by atoms with Crippen LogP contribution in [0.2, 0.25) is 0 Å². The molecular weight excluding hydrogens is 422 g/mol. The fourth-order valence-electron chi connectivity index (χ4n) is 4.90. The van der Waals surface area contributed by atoms with E-state index in [1.54, 1.807) is 0 Å². The minimum absolute atomic E-state index is 0.148. The Labute approximate surface area is 213 Å². The zero-order valence-electron chi connectivity index (χ0n) is 23.3. The first kappa shape index (κ1) is 33.0. The Morgan fingerprint density at radius 3 is 1.24 bits per heavy atom. The van der Waals surface area contributed by atoms with Gasteiger partial charge in [0.2, 0.25) is 0 Å². The Morgan fingerprint density at radius 2 is 0.939 bits per heavy atom. The van der Waals surface area contributed by atoms with Crippen LogP contribution in [0.1, 0.15) is 156 Å². The van der Waals surface area contributed by atoms with Crippen LogP contribution in [-0.4, -0.2) is 41.8 Å². The molecule has 0 aromatic carbocycles. The van der Waals surface area contributed by atoms with Gasteiger partial charge < -0.3 is 0 Å². The lowest BCUT2D eigenvalue weighted by Gasteiger charge is -2.30. The summed E-state index contributed by atoms with van der Waals surface area (Å²) < 4.78 is 0. The highest BCUT2D eigenvalue weighted by Crippen LogP contribution is 2.16. The van der Waals surface area contributed by atoms with Gasteiger partial charge in [-0.05, 0) is 51.3 Å². The second-order valence-corrected chi connectivity index (χ2v) is 11.3. The Balaban J connectivity index is 4.10. The second kappa shape index (κ2) is 26.6. The van der Waals surface area contributed by atoms with E-state index in [1.165, 1.54) is 128 Å². The van der Waals surface area contributed by atoms with Crippen molar-refractivity contribution in [2.45, 2.75) is 162 Å². The van der Waals surface area contributed by atoms with Crippen LogP contribution in [0.4, 0.5) is 0 Å². The molecule has 0 heterocycles. The predicted molar refractivity (Wildman–Crippen MR) is 153 cm³/mol. The highest BCUT2D eigenvalue weighted by Gasteiger charge is 2.21. The Morgan fingerprint density at radius 1 is 0.606 bits per heavy atom. The van der Waals surface area contributed by atoms with E-state index in [1.807, 2.05) is 18.7 Å². The number of Topliss-reactive ketones (excluding diaryl/α,β-unsaturated/α-hetero) is 1. The zero-order chi connectivity index (χ0) is 24.4. The summed E-state index contributed by atoms with van der Waals surface area (Å²) in [6.45, 7) is 8.63. The number of carbonyl (C=O) groups excluding carboxylic acids is 1.